The third kappa shape index (κ3) is 2.52. The summed E-state index contributed by atoms with van der Waals surface area (Å²) < 4.78 is 20.1. The number of benzene rings is 1. The third-order valence-corrected chi connectivity index (χ3v) is 2.73. The van der Waals surface area contributed by atoms with Gasteiger partial charge in [0.05, 0.1) is 24.2 Å². The summed E-state index contributed by atoms with van der Waals surface area (Å²) in [5.41, 5.74) is -0.272. The summed E-state index contributed by atoms with van der Waals surface area (Å²) in [5.74, 6) is -4.73. The molecule has 0 spiro atoms. The molecule has 0 fully saturated rings. The van der Waals surface area contributed by atoms with Gasteiger partial charge >= 0.3 is 17.7 Å². The fourth-order valence-electron chi connectivity index (χ4n) is 1.81. The minimum absolute atomic E-state index is 0.00621. The average molecular weight is 311 g/mol. The van der Waals surface area contributed by atoms with E-state index in [-0.39, 0.29) is 30.4 Å². The molecular formula is C13H13NO8. The van der Waals surface area contributed by atoms with Crippen molar-refractivity contribution in [1.82, 2.24) is 0 Å². The van der Waals surface area contributed by atoms with E-state index in [0.29, 0.717) is 0 Å². The van der Waals surface area contributed by atoms with Gasteiger partial charge in [-0.1, -0.05) is 0 Å². The van der Waals surface area contributed by atoms with E-state index in [2.05, 4.69) is 0 Å². The largest absolute Gasteiger partial charge is 0.460 e. The van der Waals surface area contributed by atoms with Crippen LogP contribution in [0, 0.1) is 10.1 Å². The number of hydrogen-bond donors (Lipinski definition) is 0. The number of carbonyl (C=O) groups excluding carboxylic acids is 2. The van der Waals surface area contributed by atoms with Gasteiger partial charge in [0.1, 0.15) is 0 Å². The number of nitro benzene ring substituents is 1. The lowest BCUT2D eigenvalue weighted by Crippen LogP contribution is -2.55. The van der Waals surface area contributed by atoms with Gasteiger partial charge < -0.3 is 18.9 Å². The monoisotopic (exact) mass is 311 g/mol. The molecule has 0 saturated heterocycles. The third-order valence-electron chi connectivity index (χ3n) is 2.73. The molecule has 118 valence electrons. The van der Waals surface area contributed by atoms with Gasteiger partial charge in [-0.15, -0.1) is 0 Å². The average Bonchev–Trinajstić information content (AvgIpc) is 2.87. The first-order valence-electron chi connectivity index (χ1n) is 6.45. The van der Waals surface area contributed by atoms with Crippen LogP contribution in [0.15, 0.2) is 18.2 Å². The summed E-state index contributed by atoms with van der Waals surface area (Å²) >= 11 is 0. The molecule has 1 aromatic rings. The second-order valence-corrected chi connectivity index (χ2v) is 4.15. The number of nitro groups is 1. The summed E-state index contributed by atoms with van der Waals surface area (Å²) in [4.78, 5) is 34.2. The van der Waals surface area contributed by atoms with E-state index in [9.17, 15) is 19.7 Å². The maximum Gasteiger partial charge on any atom is 0.453 e. The summed E-state index contributed by atoms with van der Waals surface area (Å²) in [6.45, 7) is 3.07. The molecule has 0 atom stereocenters. The van der Waals surface area contributed by atoms with Crippen LogP contribution in [0.3, 0.4) is 0 Å². The standard InChI is InChI=1S/C13H13NO8/c1-3-19-11(15)13(12(16)20-4-2)21-9-6-5-8(14(17)18)7-10(9)22-13/h5-7H,3-4H2,1-2H3. The second-order valence-electron chi connectivity index (χ2n) is 4.15. The Labute approximate surface area is 124 Å². The number of non-ortho nitro benzene ring substituents is 1. The van der Waals surface area contributed by atoms with E-state index in [1.807, 2.05) is 0 Å². The number of carbonyl (C=O) groups is 2. The van der Waals surface area contributed by atoms with Crippen molar-refractivity contribution in [3.05, 3.63) is 28.3 Å². The Kier molecular flexibility index (Phi) is 4.15. The number of esters is 2. The number of ether oxygens (including phenoxy) is 4. The maximum atomic E-state index is 12.1. The fraction of sp³-hybridized carbons (Fsp3) is 0.385. The SMILES string of the molecule is CCOC(=O)C1(C(=O)OCC)Oc2ccc([N+](=O)[O-])cc2O1. The molecule has 0 unspecified atom stereocenters. The van der Waals surface area contributed by atoms with Crippen LogP contribution in [0.2, 0.25) is 0 Å². The molecule has 0 bridgehead atoms. The zero-order valence-corrected chi connectivity index (χ0v) is 11.9. The van der Waals surface area contributed by atoms with E-state index in [4.69, 9.17) is 18.9 Å². The summed E-state index contributed by atoms with van der Waals surface area (Å²) in [7, 11) is 0. The van der Waals surface area contributed by atoms with Gasteiger partial charge in [0, 0.05) is 6.07 Å². The first kappa shape index (κ1) is 15.5. The van der Waals surface area contributed by atoms with Gasteiger partial charge in [-0.2, -0.15) is 0 Å². The predicted octanol–water partition coefficient (Wildman–Crippen LogP) is 1.19. The molecule has 0 radical (unpaired) electrons. The number of nitrogens with zero attached hydrogens (tertiary/aromatic N) is 1. The van der Waals surface area contributed by atoms with E-state index < -0.39 is 22.6 Å². The first-order valence-corrected chi connectivity index (χ1v) is 6.45. The molecule has 1 heterocycles. The molecule has 9 heteroatoms. The quantitative estimate of drug-likeness (QED) is 0.345. The smallest absolute Gasteiger partial charge is 0.453 e. The van der Waals surface area contributed by atoms with Gasteiger partial charge in [0.15, 0.2) is 11.5 Å². The van der Waals surface area contributed by atoms with Crippen molar-refractivity contribution < 1.29 is 33.5 Å². The van der Waals surface area contributed by atoms with Crippen LogP contribution < -0.4 is 9.47 Å². The molecule has 0 aliphatic carbocycles. The van der Waals surface area contributed by atoms with Crippen LogP contribution in [-0.4, -0.2) is 35.9 Å². The van der Waals surface area contributed by atoms with Crippen molar-refractivity contribution in [3.63, 3.8) is 0 Å². The molecule has 1 aromatic carbocycles. The normalized spacial score (nSPS) is 14.3. The Balaban J connectivity index is 2.39. The topological polar surface area (TPSA) is 114 Å². The van der Waals surface area contributed by atoms with E-state index in [1.54, 1.807) is 13.8 Å². The molecule has 0 N–H and O–H groups in total. The van der Waals surface area contributed by atoms with Crippen LogP contribution in [0.5, 0.6) is 11.5 Å². The van der Waals surface area contributed by atoms with Crippen molar-refractivity contribution in [2.24, 2.45) is 0 Å². The van der Waals surface area contributed by atoms with Gasteiger partial charge in [-0.25, -0.2) is 9.59 Å². The molecule has 0 amide bonds. The predicted molar refractivity (Wildman–Crippen MR) is 70.3 cm³/mol. The lowest BCUT2D eigenvalue weighted by Gasteiger charge is -2.22. The van der Waals surface area contributed by atoms with Crippen LogP contribution in [0.4, 0.5) is 5.69 Å². The van der Waals surface area contributed by atoms with Crippen molar-refractivity contribution in [2.75, 3.05) is 13.2 Å². The molecule has 22 heavy (non-hydrogen) atoms. The lowest BCUT2D eigenvalue weighted by molar-refractivity contribution is -0.384. The fourth-order valence-corrected chi connectivity index (χ4v) is 1.81. The molecule has 2 rings (SSSR count). The van der Waals surface area contributed by atoms with E-state index in [0.717, 1.165) is 12.1 Å². The zero-order chi connectivity index (χ0) is 16.3. The lowest BCUT2D eigenvalue weighted by atomic mass is 10.3. The van der Waals surface area contributed by atoms with E-state index >= 15 is 0 Å². The van der Waals surface area contributed by atoms with Gasteiger partial charge in [0.25, 0.3) is 5.69 Å². The number of rotatable bonds is 5. The highest BCUT2D eigenvalue weighted by molar-refractivity contribution is 6.03. The number of hydrogen-bond acceptors (Lipinski definition) is 8. The van der Waals surface area contributed by atoms with Gasteiger partial charge in [-0.3, -0.25) is 10.1 Å². The Hall–Kier alpha value is -2.84. The van der Waals surface area contributed by atoms with Crippen LogP contribution in [0.25, 0.3) is 0 Å². The summed E-state index contributed by atoms with van der Waals surface area (Å²) in [5, 5.41) is 10.8. The van der Waals surface area contributed by atoms with Crippen molar-refractivity contribution in [1.29, 1.82) is 0 Å². The van der Waals surface area contributed by atoms with Gasteiger partial charge in [-0.05, 0) is 19.9 Å². The highest BCUT2D eigenvalue weighted by atomic mass is 16.8. The molecule has 0 saturated carbocycles. The van der Waals surface area contributed by atoms with Crippen molar-refractivity contribution in [3.8, 4) is 11.5 Å². The molecule has 1 aliphatic heterocycles. The molecule has 9 nitrogen and oxygen atoms in total. The Morgan fingerprint density at radius 1 is 1.14 bits per heavy atom. The molecule has 0 aromatic heterocycles. The summed E-state index contributed by atoms with van der Waals surface area (Å²) in [6.07, 6.45) is 0. The number of fused-ring (bicyclic) bond motifs is 1. The highest BCUT2D eigenvalue weighted by Crippen LogP contribution is 2.42. The minimum Gasteiger partial charge on any atom is -0.460 e. The first-order chi connectivity index (χ1) is 10.4. The second kappa shape index (κ2) is 5.88. The van der Waals surface area contributed by atoms with E-state index in [1.165, 1.54) is 6.07 Å². The van der Waals surface area contributed by atoms with Crippen molar-refractivity contribution >= 4 is 17.6 Å². The van der Waals surface area contributed by atoms with Crippen LogP contribution in [0.1, 0.15) is 13.8 Å². The minimum atomic E-state index is -2.44. The Bertz CT molecular complexity index is 608. The zero-order valence-electron chi connectivity index (χ0n) is 11.9. The summed E-state index contributed by atoms with van der Waals surface area (Å²) in [6, 6.07) is 3.44. The van der Waals surface area contributed by atoms with Crippen LogP contribution >= 0.6 is 0 Å². The Morgan fingerprint density at radius 2 is 1.68 bits per heavy atom. The highest BCUT2D eigenvalue weighted by Gasteiger charge is 2.59. The van der Waals surface area contributed by atoms with Gasteiger partial charge in [0.2, 0.25) is 0 Å². The van der Waals surface area contributed by atoms with Crippen molar-refractivity contribution in [2.45, 2.75) is 19.6 Å². The maximum absolute atomic E-state index is 12.1. The molecule has 1 aliphatic rings. The Morgan fingerprint density at radius 3 is 2.18 bits per heavy atom. The van der Waals surface area contributed by atoms with Crippen LogP contribution in [-0.2, 0) is 19.1 Å². The molecular weight excluding hydrogens is 298 g/mol.